The lowest BCUT2D eigenvalue weighted by Crippen LogP contribution is -2.08. The number of hydrogen-bond acceptors (Lipinski definition) is 2. The molecule has 2 nitrogen and oxygen atoms in total. The Morgan fingerprint density at radius 1 is 1.19 bits per heavy atom. The molecule has 16 heavy (non-hydrogen) atoms. The van der Waals surface area contributed by atoms with Gasteiger partial charge in [-0.2, -0.15) is 0 Å². The number of allylic oxidation sites excluding steroid dienone is 2. The number of rotatable bonds is 3. The fourth-order valence-electron chi connectivity index (χ4n) is 1.47. The summed E-state index contributed by atoms with van der Waals surface area (Å²) in [6.07, 6.45) is 9.48. The minimum Gasteiger partial charge on any atom is -0.486 e. The van der Waals surface area contributed by atoms with E-state index in [9.17, 15) is 4.79 Å². The molecule has 0 saturated heterocycles. The second-order valence-electron chi connectivity index (χ2n) is 3.43. The smallest absolute Gasteiger partial charge is 0.178 e. The molecule has 0 fully saturated rings. The monoisotopic (exact) mass is 212 g/mol. The number of carbonyl (C=O) groups is 1. The summed E-state index contributed by atoms with van der Waals surface area (Å²) in [5.41, 5.74) is 2.01. The van der Waals surface area contributed by atoms with Crippen LogP contribution in [0.15, 0.2) is 60.4 Å². The van der Waals surface area contributed by atoms with Crippen LogP contribution >= 0.6 is 0 Å². The van der Waals surface area contributed by atoms with Crippen molar-refractivity contribution >= 4 is 12.4 Å². The van der Waals surface area contributed by atoms with Crippen LogP contribution < -0.4 is 0 Å². The molecule has 0 aromatic heterocycles. The van der Waals surface area contributed by atoms with Crippen LogP contribution in [0.25, 0.3) is 6.08 Å². The van der Waals surface area contributed by atoms with Gasteiger partial charge in [-0.1, -0.05) is 48.6 Å². The molecular formula is C14H12O2. The Hall–Kier alpha value is -2.09. The number of ether oxygens (including phenoxy) is 1. The zero-order valence-corrected chi connectivity index (χ0v) is 8.74. The van der Waals surface area contributed by atoms with Crippen molar-refractivity contribution in [3.8, 4) is 0 Å². The SMILES string of the molecule is O=CC1OC=CC1=CC=Cc1ccccc1. The summed E-state index contributed by atoms with van der Waals surface area (Å²) in [6.45, 7) is 0. The average Bonchev–Trinajstić information content (AvgIpc) is 2.78. The molecule has 0 radical (unpaired) electrons. The first-order valence-electron chi connectivity index (χ1n) is 5.11. The summed E-state index contributed by atoms with van der Waals surface area (Å²) in [5, 5.41) is 0. The van der Waals surface area contributed by atoms with Gasteiger partial charge in [0.15, 0.2) is 12.4 Å². The molecule has 0 aliphatic carbocycles. The quantitative estimate of drug-likeness (QED) is 0.720. The molecule has 1 heterocycles. The van der Waals surface area contributed by atoms with Gasteiger partial charge in [-0.3, -0.25) is 4.79 Å². The number of carbonyl (C=O) groups excluding carboxylic acids is 1. The second kappa shape index (κ2) is 5.12. The summed E-state index contributed by atoms with van der Waals surface area (Å²) in [5.74, 6) is 0. The van der Waals surface area contributed by atoms with Crippen LogP contribution in [0.2, 0.25) is 0 Å². The lowest BCUT2D eigenvalue weighted by molar-refractivity contribution is -0.113. The van der Waals surface area contributed by atoms with Crippen molar-refractivity contribution < 1.29 is 9.53 Å². The first kappa shape index (κ1) is 10.4. The summed E-state index contributed by atoms with van der Waals surface area (Å²) in [4.78, 5) is 10.6. The average molecular weight is 212 g/mol. The van der Waals surface area contributed by atoms with Crippen molar-refractivity contribution in [2.75, 3.05) is 0 Å². The molecule has 2 rings (SSSR count). The molecule has 0 bridgehead atoms. The van der Waals surface area contributed by atoms with E-state index >= 15 is 0 Å². The van der Waals surface area contributed by atoms with Gasteiger partial charge in [0.1, 0.15) is 0 Å². The molecule has 0 amide bonds. The van der Waals surface area contributed by atoms with Gasteiger partial charge in [-0.05, 0) is 11.6 Å². The van der Waals surface area contributed by atoms with Crippen LogP contribution in [-0.4, -0.2) is 12.4 Å². The molecule has 1 atom stereocenters. The van der Waals surface area contributed by atoms with E-state index in [2.05, 4.69) is 0 Å². The zero-order chi connectivity index (χ0) is 11.2. The van der Waals surface area contributed by atoms with Crippen molar-refractivity contribution in [2.45, 2.75) is 6.10 Å². The van der Waals surface area contributed by atoms with E-state index in [-0.39, 0.29) is 0 Å². The number of benzene rings is 1. The summed E-state index contributed by atoms with van der Waals surface area (Å²) in [7, 11) is 0. The van der Waals surface area contributed by atoms with Crippen molar-refractivity contribution in [1.82, 2.24) is 0 Å². The normalized spacial score (nSPS) is 21.5. The Bertz CT molecular complexity index is 441. The molecule has 1 aromatic carbocycles. The van der Waals surface area contributed by atoms with Crippen LogP contribution in [0.5, 0.6) is 0 Å². The highest BCUT2D eigenvalue weighted by atomic mass is 16.5. The van der Waals surface area contributed by atoms with Gasteiger partial charge in [-0.15, -0.1) is 0 Å². The maximum absolute atomic E-state index is 10.6. The van der Waals surface area contributed by atoms with E-state index in [1.165, 1.54) is 0 Å². The van der Waals surface area contributed by atoms with Crippen molar-refractivity contribution in [3.63, 3.8) is 0 Å². The molecule has 0 saturated carbocycles. The minimum absolute atomic E-state index is 0.444. The molecule has 1 aliphatic heterocycles. The van der Waals surface area contributed by atoms with Gasteiger partial charge in [0, 0.05) is 5.57 Å². The van der Waals surface area contributed by atoms with Gasteiger partial charge >= 0.3 is 0 Å². The maximum atomic E-state index is 10.6. The third kappa shape index (κ3) is 2.48. The summed E-state index contributed by atoms with van der Waals surface area (Å²) in [6, 6.07) is 9.99. The van der Waals surface area contributed by atoms with Crippen molar-refractivity contribution in [3.05, 3.63) is 66.0 Å². The molecule has 2 heteroatoms. The van der Waals surface area contributed by atoms with E-state index in [1.54, 1.807) is 12.3 Å². The highest BCUT2D eigenvalue weighted by Gasteiger charge is 2.14. The van der Waals surface area contributed by atoms with Gasteiger partial charge in [0.25, 0.3) is 0 Å². The molecular weight excluding hydrogens is 200 g/mol. The minimum atomic E-state index is -0.444. The van der Waals surface area contributed by atoms with E-state index < -0.39 is 6.10 Å². The Morgan fingerprint density at radius 3 is 2.75 bits per heavy atom. The Labute approximate surface area is 94.6 Å². The van der Waals surface area contributed by atoms with Crippen molar-refractivity contribution in [1.29, 1.82) is 0 Å². The third-order valence-electron chi connectivity index (χ3n) is 2.31. The molecule has 80 valence electrons. The van der Waals surface area contributed by atoms with Crippen LogP contribution in [0.4, 0.5) is 0 Å². The van der Waals surface area contributed by atoms with Crippen LogP contribution in [-0.2, 0) is 9.53 Å². The summed E-state index contributed by atoms with van der Waals surface area (Å²) >= 11 is 0. The molecule has 1 unspecified atom stereocenters. The lowest BCUT2D eigenvalue weighted by atomic mass is 10.1. The Balaban J connectivity index is 2.06. The molecule has 0 N–H and O–H groups in total. The van der Waals surface area contributed by atoms with Gasteiger partial charge in [-0.25, -0.2) is 0 Å². The molecule has 1 aliphatic rings. The van der Waals surface area contributed by atoms with E-state index in [4.69, 9.17) is 4.74 Å². The van der Waals surface area contributed by atoms with Crippen LogP contribution in [0.3, 0.4) is 0 Å². The van der Waals surface area contributed by atoms with E-state index in [1.807, 2.05) is 48.6 Å². The maximum Gasteiger partial charge on any atom is 0.178 e. The lowest BCUT2D eigenvalue weighted by Gasteiger charge is -2.01. The number of aldehydes is 1. The predicted octanol–water partition coefficient (Wildman–Crippen LogP) is 2.74. The number of hydrogen-bond donors (Lipinski definition) is 0. The topological polar surface area (TPSA) is 26.3 Å². The standard InChI is InChI=1S/C14H12O2/c15-11-14-13(9-10-16-14)8-4-7-12-5-2-1-3-6-12/h1-11,14H. The van der Waals surface area contributed by atoms with Crippen LogP contribution in [0, 0.1) is 0 Å². The Morgan fingerprint density at radius 2 is 2.00 bits per heavy atom. The predicted molar refractivity (Wildman–Crippen MR) is 63.6 cm³/mol. The second-order valence-corrected chi connectivity index (χ2v) is 3.43. The molecule has 0 spiro atoms. The van der Waals surface area contributed by atoms with E-state index in [0.717, 1.165) is 17.4 Å². The largest absolute Gasteiger partial charge is 0.486 e. The van der Waals surface area contributed by atoms with E-state index in [0.29, 0.717) is 0 Å². The van der Waals surface area contributed by atoms with Crippen molar-refractivity contribution in [2.24, 2.45) is 0 Å². The van der Waals surface area contributed by atoms with Gasteiger partial charge < -0.3 is 4.74 Å². The zero-order valence-electron chi connectivity index (χ0n) is 8.74. The fraction of sp³-hybridized carbons (Fsp3) is 0.0714. The third-order valence-corrected chi connectivity index (χ3v) is 2.31. The summed E-state index contributed by atoms with van der Waals surface area (Å²) < 4.78 is 5.07. The first-order valence-corrected chi connectivity index (χ1v) is 5.11. The van der Waals surface area contributed by atoms with Crippen LogP contribution in [0.1, 0.15) is 5.56 Å². The fourth-order valence-corrected chi connectivity index (χ4v) is 1.47. The van der Waals surface area contributed by atoms with Gasteiger partial charge in [0.05, 0.1) is 6.26 Å². The molecule has 1 aromatic rings. The Kier molecular flexibility index (Phi) is 3.34. The highest BCUT2D eigenvalue weighted by Crippen LogP contribution is 2.15. The highest BCUT2D eigenvalue weighted by molar-refractivity contribution is 5.66. The first-order chi connectivity index (χ1) is 7.90. The van der Waals surface area contributed by atoms with Gasteiger partial charge in [0.2, 0.25) is 0 Å².